The summed E-state index contributed by atoms with van der Waals surface area (Å²) in [4.78, 5) is 15.9. The Hall–Kier alpha value is -2.22. The molecule has 1 aromatic heterocycles. The third kappa shape index (κ3) is 5.28. The first-order valence-corrected chi connectivity index (χ1v) is 7.37. The predicted octanol–water partition coefficient (Wildman–Crippen LogP) is 3.05. The highest BCUT2D eigenvalue weighted by molar-refractivity contribution is 7.09. The molecule has 0 saturated carbocycles. The largest absolute Gasteiger partial charge is 0.435 e. The van der Waals surface area contributed by atoms with E-state index < -0.39 is 6.61 Å². The molecule has 2 N–H and O–H groups in total. The Morgan fingerprint density at radius 2 is 2.14 bits per heavy atom. The summed E-state index contributed by atoms with van der Waals surface area (Å²) in [6.45, 7) is -0.427. The maximum Gasteiger partial charge on any atom is 0.387 e. The number of amides is 2. The highest BCUT2D eigenvalue weighted by atomic mass is 32.1. The minimum atomic E-state index is -2.87. The van der Waals surface area contributed by atoms with E-state index in [4.69, 9.17) is 0 Å². The molecule has 0 aliphatic heterocycles. The number of alkyl halides is 2. The van der Waals surface area contributed by atoms with Crippen molar-refractivity contribution in [2.24, 2.45) is 0 Å². The number of urea groups is 1. The van der Waals surface area contributed by atoms with Gasteiger partial charge in [0.05, 0.1) is 17.2 Å². The molecule has 0 unspecified atom stereocenters. The summed E-state index contributed by atoms with van der Waals surface area (Å²) >= 11 is 1.51. The second-order valence-electron chi connectivity index (χ2n) is 4.42. The van der Waals surface area contributed by atoms with Gasteiger partial charge in [0, 0.05) is 11.9 Å². The molecule has 0 aliphatic rings. The molecule has 0 saturated heterocycles. The van der Waals surface area contributed by atoms with Gasteiger partial charge in [0.1, 0.15) is 5.75 Å². The molecule has 0 bridgehead atoms. The fourth-order valence-electron chi connectivity index (χ4n) is 1.74. The van der Waals surface area contributed by atoms with E-state index in [0.29, 0.717) is 12.1 Å². The fraction of sp³-hybridized carbons (Fsp3) is 0.286. The molecule has 5 nitrogen and oxygen atoms in total. The molecular weight excluding hydrogens is 312 g/mol. The first kappa shape index (κ1) is 16.2. The molecule has 0 atom stereocenters. The summed E-state index contributed by atoms with van der Waals surface area (Å²) in [5.74, 6) is 0.0626. The topological polar surface area (TPSA) is 63.2 Å². The van der Waals surface area contributed by atoms with Crippen LogP contribution < -0.4 is 15.4 Å². The van der Waals surface area contributed by atoms with Gasteiger partial charge in [0.2, 0.25) is 0 Å². The summed E-state index contributed by atoms with van der Waals surface area (Å²) in [5, 5.41) is 8.13. The zero-order chi connectivity index (χ0) is 15.9. The lowest BCUT2D eigenvalue weighted by Gasteiger charge is -2.09. The Morgan fingerprint density at radius 1 is 1.36 bits per heavy atom. The van der Waals surface area contributed by atoms with Crippen molar-refractivity contribution in [2.45, 2.75) is 26.6 Å². The molecule has 2 aromatic rings. The van der Waals surface area contributed by atoms with Crippen molar-refractivity contribution >= 4 is 17.4 Å². The third-order valence-electron chi connectivity index (χ3n) is 2.67. The second-order valence-corrected chi connectivity index (χ2v) is 5.48. The average molecular weight is 327 g/mol. The molecular formula is C14H15F2N3O2S. The van der Waals surface area contributed by atoms with Crippen LogP contribution in [0.15, 0.2) is 29.6 Å². The smallest absolute Gasteiger partial charge is 0.387 e. The number of hydrogen-bond acceptors (Lipinski definition) is 4. The summed E-state index contributed by atoms with van der Waals surface area (Å²) in [6, 6.07) is 5.83. The quantitative estimate of drug-likeness (QED) is 0.857. The van der Waals surface area contributed by atoms with Gasteiger partial charge in [-0.05, 0) is 24.6 Å². The van der Waals surface area contributed by atoms with Gasteiger partial charge in [-0.15, -0.1) is 11.3 Å². The van der Waals surface area contributed by atoms with Crippen molar-refractivity contribution in [1.82, 2.24) is 15.6 Å². The van der Waals surface area contributed by atoms with Crippen LogP contribution in [0.1, 0.15) is 16.3 Å². The van der Waals surface area contributed by atoms with E-state index in [0.717, 1.165) is 10.7 Å². The summed E-state index contributed by atoms with van der Waals surface area (Å²) in [5.41, 5.74) is 1.46. The number of hydrogen-bond donors (Lipinski definition) is 2. The maximum absolute atomic E-state index is 12.1. The van der Waals surface area contributed by atoms with Gasteiger partial charge in [-0.2, -0.15) is 8.78 Å². The van der Waals surface area contributed by atoms with Crippen molar-refractivity contribution in [2.75, 3.05) is 0 Å². The van der Waals surface area contributed by atoms with E-state index in [2.05, 4.69) is 20.4 Å². The molecule has 2 amide bonds. The van der Waals surface area contributed by atoms with Crippen LogP contribution >= 0.6 is 11.3 Å². The lowest BCUT2D eigenvalue weighted by Crippen LogP contribution is -2.34. The molecule has 8 heteroatoms. The number of carbonyl (C=O) groups is 1. The van der Waals surface area contributed by atoms with Gasteiger partial charge in [-0.3, -0.25) is 0 Å². The standard InChI is InChI=1S/C14H15F2N3O2S/c1-9-19-11(8-22-9)7-18-14(20)17-6-10-3-2-4-12(5-10)21-13(15)16/h2-5,8,13H,6-7H2,1H3,(H2,17,18,20). The van der Waals surface area contributed by atoms with Gasteiger partial charge in [-0.25, -0.2) is 9.78 Å². The average Bonchev–Trinajstić information content (AvgIpc) is 2.88. The SMILES string of the molecule is Cc1nc(CNC(=O)NCc2cccc(OC(F)F)c2)cs1. The number of aryl methyl sites for hydroxylation is 1. The van der Waals surface area contributed by atoms with Crippen LogP contribution in [-0.2, 0) is 13.1 Å². The van der Waals surface area contributed by atoms with E-state index in [1.54, 1.807) is 12.1 Å². The van der Waals surface area contributed by atoms with E-state index in [1.807, 2.05) is 12.3 Å². The number of ether oxygens (including phenoxy) is 1. The monoisotopic (exact) mass is 327 g/mol. The molecule has 1 aromatic carbocycles. The van der Waals surface area contributed by atoms with E-state index in [-0.39, 0.29) is 18.3 Å². The summed E-state index contributed by atoms with van der Waals surface area (Å²) < 4.78 is 28.5. The Kier molecular flexibility index (Phi) is 5.65. The number of rotatable bonds is 6. The normalized spacial score (nSPS) is 10.5. The number of aromatic nitrogens is 1. The minimum absolute atomic E-state index is 0.0626. The molecule has 0 radical (unpaired) electrons. The molecule has 0 spiro atoms. The van der Waals surface area contributed by atoms with E-state index in [1.165, 1.54) is 23.5 Å². The highest BCUT2D eigenvalue weighted by Crippen LogP contribution is 2.15. The van der Waals surface area contributed by atoms with Gasteiger partial charge >= 0.3 is 12.6 Å². The van der Waals surface area contributed by atoms with Gasteiger partial charge in [0.25, 0.3) is 0 Å². The number of carbonyl (C=O) groups excluding carboxylic acids is 1. The number of nitrogens with zero attached hydrogens (tertiary/aromatic N) is 1. The second kappa shape index (κ2) is 7.69. The highest BCUT2D eigenvalue weighted by Gasteiger charge is 2.06. The molecule has 118 valence electrons. The lowest BCUT2D eigenvalue weighted by molar-refractivity contribution is -0.0498. The van der Waals surface area contributed by atoms with E-state index in [9.17, 15) is 13.6 Å². The zero-order valence-corrected chi connectivity index (χ0v) is 12.6. The molecule has 0 fully saturated rings. The first-order chi connectivity index (χ1) is 10.5. The van der Waals surface area contributed by atoms with Crippen LogP contribution in [0.3, 0.4) is 0 Å². The lowest BCUT2D eigenvalue weighted by atomic mass is 10.2. The molecule has 2 rings (SSSR count). The third-order valence-corrected chi connectivity index (χ3v) is 3.50. The predicted molar refractivity (Wildman–Crippen MR) is 79.0 cm³/mol. The van der Waals surface area contributed by atoms with Crippen LogP contribution in [0.4, 0.5) is 13.6 Å². The first-order valence-electron chi connectivity index (χ1n) is 6.49. The van der Waals surface area contributed by atoms with Crippen molar-refractivity contribution < 1.29 is 18.3 Å². The number of thiazole rings is 1. The van der Waals surface area contributed by atoms with E-state index >= 15 is 0 Å². The molecule has 0 aliphatic carbocycles. The summed E-state index contributed by atoms with van der Waals surface area (Å²) in [7, 11) is 0. The Morgan fingerprint density at radius 3 is 2.82 bits per heavy atom. The number of nitrogens with one attached hydrogen (secondary N) is 2. The van der Waals surface area contributed by atoms with Gasteiger partial charge in [0.15, 0.2) is 0 Å². The van der Waals surface area contributed by atoms with Crippen LogP contribution in [0.2, 0.25) is 0 Å². The Balaban J connectivity index is 1.78. The Labute approximate surface area is 130 Å². The number of halogens is 2. The van der Waals surface area contributed by atoms with Crippen molar-refractivity contribution in [3.63, 3.8) is 0 Å². The van der Waals surface area contributed by atoms with Crippen LogP contribution in [0.25, 0.3) is 0 Å². The summed E-state index contributed by atoms with van der Waals surface area (Å²) in [6.07, 6.45) is 0. The maximum atomic E-state index is 12.1. The fourth-order valence-corrected chi connectivity index (χ4v) is 2.35. The van der Waals surface area contributed by atoms with Gasteiger partial charge in [-0.1, -0.05) is 12.1 Å². The molecule has 22 heavy (non-hydrogen) atoms. The van der Waals surface area contributed by atoms with Crippen LogP contribution in [0, 0.1) is 6.92 Å². The number of benzene rings is 1. The van der Waals surface area contributed by atoms with Crippen molar-refractivity contribution in [3.8, 4) is 5.75 Å². The minimum Gasteiger partial charge on any atom is -0.435 e. The Bertz CT molecular complexity index is 634. The van der Waals surface area contributed by atoms with Gasteiger partial charge < -0.3 is 15.4 Å². The molecule has 1 heterocycles. The van der Waals surface area contributed by atoms with Crippen molar-refractivity contribution in [1.29, 1.82) is 0 Å². The van der Waals surface area contributed by atoms with Crippen LogP contribution in [0.5, 0.6) is 5.75 Å². The van der Waals surface area contributed by atoms with Crippen molar-refractivity contribution in [3.05, 3.63) is 45.9 Å². The van der Waals surface area contributed by atoms with Crippen LogP contribution in [-0.4, -0.2) is 17.6 Å². The zero-order valence-electron chi connectivity index (χ0n) is 11.8.